The monoisotopic (exact) mass is 346 g/mol. The van der Waals surface area contributed by atoms with E-state index in [0.717, 1.165) is 22.5 Å². The molecule has 0 atom stereocenters. The molecule has 0 spiro atoms. The smallest absolute Gasteiger partial charge is 0.321 e. The van der Waals surface area contributed by atoms with E-state index in [4.69, 9.17) is 0 Å². The van der Waals surface area contributed by atoms with Gasteiger partial charge in [-0.1, -0.05) is 36.4 Å². The van der Waals surface area contributed by atoms with E-state index in [1.54, 1.807) is 12.1 Å². The van der Waals surface area contributed by atoms with Gasteiger partial charge in [-0.15, -0.1) is 0 Å². The maximum absolute atomic E-state index is 13.0. The van der Waals surface area contributed by atoms with E-state index in [1.807, 2.05) is 25.1 Å². The Labute approximate surface area is 142 Å². The number of alkyl halides is 3. The Morgan fingerprint density at radius 3 is 2.48 bits per heavy atom. The highest BCUT2D eigenvalue weighted by Crippen LogP contribution is 2.31. The van der Waals surface area contributed by atoms with Crippen LogP contribution in [0.4, 0.5) is 13.2 Å². The fourth-order valence-corrected chi connectivity index (χ4v) is 2.84. The molecule has 1 heterocycles. The SMILES string of the molecule is Cc1cccc2cc(CNCc3ccccc3C(F)(F)F)c(=O)[nH]c12. The molecule has 2 N–H and O–H groups in total. The molecule has 0 aliphatic rings. The summed E-state index contributed by atoms with van der Waals surface area (Å²) in [6, 6.07) is 12.9. The molecule has 6 heteroatoms. The molecular formula is C19H17F3N2O. The molecule has 2 aromatic carbocycles. The van der Waals surface area contributed by atoms with Crippen LogP contribution in [-0.2, 0) is 19.3 Å². The van der Waals surface area contributed by atoms with E-state index in [2.05, 4.69) is 10.3 Å². The Kier molecular flexibility index (Phi) is 4.63. The number of aromatic nitrogens is 1. The standard InChI is InChI=1S/C19H17F3N2O/c1-12-5-4-7-13-9-15(18(25)24-17(12)13)11-23-10-14-6-2-3-8-16(14)19(20,21)22/h2-9,23H,10-11H2,1H3,(H,24,25). The largest absolute Gasteiger partial charge is 0.416 e. The summed E-state index contributed by atoms with van der Waals surface area (Å²) in [4.78, 5) is 15.0. The number of rotatable bonds is 4. The zero-order valence-electron chi connectivity index (χ0n) is 13.6. The molecule has 0 radical (unpaired) electrons. The summed E-state index contributed by atoms with van der Waals surface area (Å²) in [5.41, 5.74) is 1.49. The van der Waals surface area contributed by atoms with Crippen molar-refractivity contribution in [3.05, 3.63) is 81.1 Å². The van der Waals surface area contributed by atoms with Crippen molar-refractivity contribution in [2.24, 2.45) is 0 Å². The predicted molar refractivity (Wildman–Crippen MR) is 91.3 cm³/mol. The summed E-state index contributed by atoms with van der Waals surface area (Å²) in [5, 5.41) is 3.83. The zero-order chi connectivity index (χ0) is 18.0. The molecule has 3 aromatic rings. The molecule has 0 aliphatic heterocycles. The van der Waals surface area contributed by atoms with Crippen LogP contribution >= 0.6 is 0 Å². The van der Waals surface area contributed by atoms with Gasteiger partial charge in [0.1, 0.15) is 0 Å². The Balaban J connectivity index is 1.78. The van der Waals surface area contributed by atoms with Crippen LogP contribution < -0.4 is 10.9 Å². The second kappa shape index (κ2) is 6.72. The topological polar surface area (TPSA) is 44.9 Å². The van der Waals surface area contributed by atoms with Crippen LogP contribution in [0.5, 0.6) is 0 Å². The Bertz CT molecular complexity index is 961. The van der Waals surface area contributed by atoms with Crippen molar-refractivity contribution in [2.75, 3.05) is 0 Å². The van der Waals surface area contributed by atoms with Crippen LogP contribution in [0.1, 0.15) is 22.3 Å². The minimum atomic E-state index is -4.39. The van der Waals surface area contributed by atoms with E-state index in [0.29, 0.717) is 5.56 Å². The number of pyridine rings is 1. The van der Waals surface area contributed by atoms with Crippen LogP contribution in [0, 0.1) is 6.92 Å². The first-order valence-electron chi connectivity index (χ1n) is 7.83. The number of fused-ring (bicyclic) bond motifs is 1. The van der Waals surface area contributed by atoms with Gasteiger partial charge in [-0.3, -0.25) is 4.79 Å². The lowest BCUT2D eigenvalue weighted by Gasteiger charge is -2.13. The maximum atomic E-state index is 13.0. The average molecular weight is 346 g/mol. The number of hydrogen-bond acceptors (Lipinski definition) is 2. The highest BCUT2D eigenvalue weighted by atomic mass is 19.4. The van der Waals surface area contributed by atoms with Crippen molar-refractivity contribution in [2.45, 2.75) is 26.2 Å². The normalized spacial score (nSPS) is 11.8. The first-order chi connectivity index (χ1) is 11.9. The van der Waals surface area contributed by atoms with Crippen molar-refractivity contribution in [1.29, 1.82) is 0 Å². The summed E-state index contributed by atoms with van der Waals surface area (Å²) < 4.78 is 39.0. The lowest BCUT2D eigenvalue weighted by Crippen LogP contribution is -2.22. The lowest BCUT2D eigenvalue weighted by molar-refractivity contribution is -0.138. The van der Waals surface area contributed by atoms with Crippen LogP contribution in [0.3, 0.4) is 0 Å². The van der Waals surface area contributed by atoms with Gasteiger partial charge >= 0.3 is 6.18 Å². The van der Waals surface area contributed by atoms with Crippen molar-refractivity contribution in [1.82, 2.24) is 10.3 Å². The second-order valence-corrected chi connectivity index (χ2v) is 5.92. The fourth-order valence-electron chi connectivity index (χ4n) is 2.84. The predicted octanol–water partition coefficient (Wildman–Crippen LogP) is 4.15. The van der Waals surface area contributed by atoms with Crippen molar-refractivity contribution >= 4 is 10.9 Å². The van der Waals surface area contributed by atoms with Gasteiger partial charge in [-0.05, 0) is 35.6 Å². The maximum Gasteiger partial charge on any atom is 0.416 e. The van der Waals surface area contributed by atoms with Crippen molar-refractivity contribution < 1.29 is 13.2 Å². The number of para-hydroxylation sites is 1. The summed E-state index contributed by atoms with van der Waals surface area (Å²) in [6.07, 6.45) is -4.39. The quantitative estimate of drug-likeness (QED) is 0.746. The van der Waals surface area contributed by atoms with Crippen LogP contribution in [0.15, 0.2) is 53.3 Å². The fraction of sp³-hybridized carbons (Fsp3) is 0.211. The molecule has 3 nitrogen and oxygen atoms in total. The first-order valence-corrected chi connectivity index (χ1v) is 7.83. The molecule has 25 heavy (non-hydrogen) atoms. The molecule has 130 valence electrons. The minimum Gasteiger partial charge on any atom is -0.321 e. The number of hydrogen-bond donors (Lipinski definition) is 2. The Morgan fingerprint density at radius 1 is 1.00 bits per heavy atom. The van der Waals surface area contributed by atoms with Gasteiger partial charge in [-0.25, -0.2) is 0 Å². The summed E-state index contributed by atoms with van der Waals surface area (Å²) in [6.45, 7) is 2.12. The van der Waals surface area contributed by atoms with E-state index in [9.17, 15) is 18.0 Å². The van der Waals surface area contributed by atoms with Crippen LogP contribution in [-0.4, -0.2) is 4.98 Å². The van der Waals surface area contributed by atoms with Gasteiger partial charge in [0, 0.05) is 18.7 Å². The number of aryl methyl sites for hydroxylation is 1. The molecule has 0 saturated heterocycles. The third-order valence-electron chi connectivity index (χ3n) is 4.12. The van der Waals surface area contributed by atoms with E-state index >= 15 is 0 Å². The molecular weight excluding hydrogens is 329 g/mol. The van der Waals surface area contributed by atoms with Gasteiger partial charge < -0.3 is 10.3 Å². The van der Waals surface area contributed by atoms with Crippen LogP contribution in [0.2, 0.25) is 0 Å². The molecule has 3 rings (SSSR count). The Hall–Kier alpha value is -2.60. The van der Waals surface area contributed by atoms with E-state index < -0.39 is 11.7 Å². The van der Waals surface area contributed by atoms with Crippen molar-refractivity contribution in [3.8, 4) is 0 Å². The van der Waals surface area contributed by atoms with Crippen molar-refractivity contribution in [3.63, 3.8) is 0 Å². The van der Waals surface area contributed by atoms with Gasteiger partial charge in [0.2, 0.25) is 0 Å². The van der Waals surface area contributed by atoms with Gasteiger partial charge in [-0.2, -0.15) is 13.2 Å². The van der Waals surface area contributed by atoms with Gasteiger partial charge in [0.05, 0.1) is 11.1 Å². The highest BCUT2D eigenvalue weighted by Gasteiger charge is 2.32. The number of aromatic amines is 1. The van der Waals surface area contributed by atoms with Gasteiger partial charge in [0.25, 0.3) is 5.56 Å². The summed E-state index contributed by atoms with van der Waals surface area (Å²) in [7, 11) is 0. The summed E-state index contributed by atoms with van der Waals surface area (Å²) in [5.74, 6) is 0. The molecule has 0 fully saturated rings. The molecule has 0 amide bonds. The number of halogens is 3. The van der Waals surface area contributed by atoms with Crippen LogP contribution in [0.25, 0.3) is 10.9 Å². The number of nitrogens with one attached hydrogen (secondary N) is 2. The minimum absolute atomic E-state index is 0.0287. The lowest BCUT2D eigenvalue weighted by atomic mass is 10.1. The Morgan fingerprint density at radius 2 is 1.72 bits per heavy atom. The number of benzene rings is 2. The van der Waals surface area contributed by atoms with E-state index in [-0.39, 0.29) is 24.2 Å². The third kappa shape index (κ3) is 3.74. The first kappa shape index (κ1) is 17.2. The van der Waals surface area contributed by atoms with E-state index in [1.165, 1.54) is 12.1 Å². The number of H-pyrrole nitrogens is 1. The molecule has 0 aliphatic carbocycles. The summed E-state index contributed by atoms with van der Waals surface area (Å²) >= 11 is 0. The second-order valence-electron chi connectivity index (χ2n) is 5.92. The highest BCUT2D eigenvalue weighted by molar-refractivity contribution is 5.81. The molecule has 0 saturated carbocycles. The molecule has 1 aromatic heterocycles. The third-order valence-corrected chi connectivity index (χ3v) is 4.12. The van der Waals surface area contributed by atoms with Gasteiger partial charge in [0.15, 0.2) is 0 Å². The molecule has 0 bridgehead atoms. The molecule has 0 unspecified atom stereocenters. The zero-order valence-corrected chi connectivity index (χ0v) is 13.6. The average Bonchev–Trinajstić information content (AvgIpc) is 2.56.